The quantitative estimate of drug-likeness (QED) is 0.557. The summed E-state index contributed by atoms with van der Waals surface area (Å²) >= 11 is 0. The number of aliphatic hydroxyl groups is 3. The zero-order valence-electron chi connectivity index (χ0n) is 12.0. The molecule has 1 heterocycles. The molecule has 23 heavy (non-hydrogen) atoms. The molecule has 0 bridgehead atoms. The van der Waals surface area contributed by atoms with Crippen LogP contribution in [0.25, 0.3) is 0 Å². The Morgan fingerprint density at radius 2 is 1.70 bits per heavy atom. The first kappa shape index (κ1) is 17.7. The largest absolute Gasteiger partial charge is 0.468 e. The highest BCUT2D eigenvalue weighted by Gasteiger charge is 2.47. The number of ether oxygens (including phenoxy) is 2. The Hall–Kier alpha value is -1.68. The molecule has 0 saturated carbocycles. The van der Waals surface area contributed by atoms with Gasteiger partial charge in [-0.15, -0.1) is 0 Å². The Morgan fingerprint density at radius 1 is 1.09 bits per heavy atom. The highest BCUT2D eigenvalue weighted by Crippen LogP contribution is 2.27. The molecule has 1 saturated heterocycles. The molecule has 2 rings (SSSR count). The Balaban J connectivity index is 2.23. The van der Waals surface area contributed by atoms with Crippen molar-refractivity contribution in [2.75, 3.05) is 0 Å². The molecule has 0 aromatic heterocycles. The average molecular weight is 335 g/mol. The van der Waals surface area contributed by atoms with Crippen LogP contribution < -0.4 is 0 Å². The van der Waals surface area contributed by atoms with Gasteiger partial charge in [0, 0.05) is 0 Å². The van der Waals surface area contributed by atoms with E-state index in [1.54, 1.807) is 6.07 Å². The summed E-state index contributed by atoms with van der Waals surface area (Å²) in [6.07, 6.45) is -12.8. The molecule has 0 radical (unpaired) electrons. The Labute approximate surface area is 129 Å². The Bertz CT molecular complexity index is 551. The van der Waals surface area contributed by atoms with Crippen LogP contribution in [0.15, 0.2) is 35.3 Å². The van der Waals surface area contributed by atoms with Crippen LogP contribution in [0.2, 0.25) is 0 Å². The van der Waals surface area contributed by atoms with E-state index in [2.05, 4.69) is 9.73 Å². The zero-order chi connectivity index (χ0) is 17.2. The van der Waals surface area contributed by atoms with Gasteiger partial charge in [-0.3, -0.25) is 0 Å². The van der Waals surface area contributed by atoms with Crippen LogP contribution in [0.3, 0.4) is 0 Å². The lowest BCUT2D eigenvalue weighted by atomic mass is 10.0. The second kappa shape index (κ2) is 6.83. The molecule has 1 aromatic carbocycles. The Kier molecular flexibility index (Phi) is 5.25. The van der Waals surface area contributed by atoms with E-state index >= 15 is 0 Å². The predicted molar refractivity (Wildman–Crippen MR) is 73.0 cm³/mol. The van der Waals surface area contributed by atoms with Gasteiger partial charge < -0.3 is 24.8 Å². The van der Waals surface area contributed by atoms with E-state index in [0.29, 0.717) is 0 Å². The third-order valence-corrected chi connectivity index (χ3v) is 3.27. The lowest BCUT2D eigenvalue weighted by molar-refractivity contribution is -0.277. The summed E-state index contributed by atoms with van der Waals surface area (Å²) in [4.78, 5) is 3.36. The van der Waals surface area contributed by atoms with E-state index in [-0.39, 0.29) is 5.69 Å². The molecule has 1 fully saturated rings. The van der Waals surface area contributed by atoms with E-state index in [0.717, 1.165) is 0 Å². The topological polar surface area (TPSA) is 91.5 Å². The van der Waals surface area contributed by atoms with E-state index in [4.69, 9.17) is 4.74 Å². The summed E-state index contributed by atoms with van der Waals surface area (Å²) < 4.78 is 48.8. The molecule has 3 N–H and O–H groups in total. The minimum Gasteiger partial charge on any atom is -0.441 e. The van der Waals surface area contributed by atoms with Crippen LogP contribution in [-0.4, -0.2) is 58.1 Å². The maximum Gasteiger partial charge on any atom is 0.468 e. The summed E-state index contributed by atoms with van der Waals surface area (Å²) in [5, 5.41) is 28.9. The smallest absolute Gasteiger partial charge is 0.441 e. The summed E-state index contributed by atoms with van der Waals surface area (Å²) in [7, 11) is 0. The van der Waals surface area contributed by atoms with Gasteiger partial charge in [0.1, 0.15) is 18.3 Å². The van der Waals surface area contributed by atoms with Crippen molar-refractivity contribution < 1.29 is 38.0 Å². The molecule has 128 valence electrons. The van der Waals surface area contributed by atoms with Crippen LogP contribution in [0, 0.1) is 0 Å². The number of benzene rings is 1. The first-order valence-electron chi connectivity index (χ1n) is 6.77. The standard InChI is InChI=1S/C14H16F3NO5/c1-7-9(19)10(20)11(21)12(22-7)23-13(14(15,16)17)18-8-5-3-2-4-6-8/h2-7,9-12,19-21H,1H3/t7-,9-,10+,11+,12?/m1/s1. The fraction of sp³-hybridized carbons (Fsp3) is 0.500. The molecule has 1 unspecified atom stereocenters. The summed E-state index contributed by atoms with van der Waals surface area (Å²) in [5.74, 6) is -1.62. The maximum absolute atomic E-state index is 13.1. The highest BCUT2D eigenvalue weighted by molar-refractivity contribution is 5.84. The van der Waals surface area contributed by atoms with Gasteiger partial charge in [0.25, 0.3) is 5.90 Å². The van der Waals surface area contributed by atoms with Crippen molar-refractivity contribution in [3.8, 4) is 0 Å². The number of nitrogens with zero attached hydrogens (tertiary/aromatic N) is 1. The predicted octanol–water partition coefficient (Wildman–Crippen LogP) is 1.12. The monoisotopic (exact) mass is 335 g/mol. The van der Waals surface area contributed by atoms with Gasteiger partial charge in [0.15, 0.2) is 0 Å². The number of hydrogen-bond acceptors (Lipinski definition) is 6. The van der Waals surface area contributed by atoms with Gasteiger partial charge in [-0.25, -0.2) is 4.99 Å². The van der Waals surface area contributed by atoms with E-state index < -0.39 is 42.8 Å². The van der Waals surface area contributed by atoms with Crippen molar-refractivity contribution in [3.63, 3.8) is 0 Å². The van der Waals surface area contributed by atoms with Crippen LogP contribution in [0.1, 0.15) is 6.92 Å². The number of rotatable bonds is 2. The summed E-state index contributed by atoms with van der Waals surface area (Å²) in [5.41, 5.74) is -0.00115. The van der Waals surface area contributed by atoms with E-state index in [1.165, 1.54) is 31.2 Å². The van der Waals surface area contributed by atoms with E-state index in [9.17, 15) is 28.5 Å². The number of halogens is 3. The number of hydrogen-bond donors (Lipinski definition) is 3. The molecule has 0 spiro atoms. The first-order valence-corrected chi connectivity index (χ1v) is 6.77. The molecule has 1 aromatic rings. The highest BCUT2D eigenvalue weighted by atomic mass is 19.4. The van der Waals surface area contributed by atoms with Crippen molar-refractivity contribution in [3.05, 3.63) is 30.3 Å². The molecule has 0 aliphatic carbocycles. The number of aliphatic hydroxyl groups excluding tert-OH is 3. The normalized spacial score (nSPS) is 32.7. The maximum atomic E-state index is 13.1. The number of alkyl halides is 3. The molecule has 5 atom stereocenters. The zero-order valence-corrected chi connectivity index (χ0v) is 12.0. The van der Waals surface area contributed by atoms with Crippen LogP contribution in [0.5, 0.6) is 0 Å². The van der Waals surface area contributed by atoms with Crippen LogP contribution in [-0.2, 0) is 9.47 Å². The molecular formula is C14H16F3NO5. The molecule has 0 amide bonds. The fourth-order valence-electron chi connectivity index (χ4n) is 2.00. The third kappa shape index (κ3) is 4.20. The van der Waals surface area contributed by atoms with E-state index in [1.807, 2.05) is 0 Å². The van der Waals surface area contributed by atoms with Gasteiger partial charge in [0.05, 0.1) is 11.8 Å². The van der Waals surface area contributed by atoms with Crippen LogP contribution in [0.4, 0.5) is 18.9 Å². The second-order valence-electron chi connectivity index (χ2n) is 5.05. The van der Waals surface area contributed by atoms with Gasteiger partial charge >= 0.3 is 6.18 Å². The SMILES string of the molecule is C[C@H]1OC(OC(=Nc2ccccc2)C(F)(F)F)[C@@H](O)[C@@H](O)[C@@H]1O. The number of aliphatic imine (C=N–C) groups is 1. The summed E-state index contributed by atoms with van der Waals surface area (Å²) in [6.45, 7) is 1.33. The van der Waals surface area contributed by atoms with Gasteiger partial charge in [-0.2, -0.15) is 13.2 Å². The number of para-hydroxylation sites is 1. The summed E-state index contributed by atoms with van der Waals surface area (Å²) in [6, 6.07) is 7.30. The third-order valence-electron chi connectivity index (χ3n) is 3.27. The molecule has 6 nitrogen and oxygen atoms in total. The van der Waals surface area contributed by atoms with Crippen molar-refractivity contribution >= 4 is 11.6 Å². The first-order chi connectivity index (χ1) is 10.7. The van der Waals surface area contributed by atoms with Crippen molar-refractivity contribution in [1.29, 1.82) is 0 Å². The lowest BCUT2D eigenvalue weighted by Crippen LogP contribution is -2.58. The van der Waals surface area contributed by atoms with Gasteiger partial charge in [0.2, 0.25) is 6.29 Å². The van der Waals surface area contributed by atoms with Crippen molar-refractivity contribution in [1.82, 2.24) is 0 Å². The van der Waals surface area contributed by atoms with Gasteiger partial charge in [-0.05, 0) is 19.1 Å². The molecule has 1 aliphatic rings. The Morgan fingerprint density at radius 3 is 2.26 bits per heavy atom. The van der Waals surface area contributed by atoms with Gasteiger partial charge in [-0.1, -0.05) is 18.2 Å². The lowest BCUT2D eigenvalue weighted by Gasteiger charge is -2.39. The molecule has 9 heteroatoms. The minimum absolute atomic E-state index is 0.00115. The molecule has 1 aliphatic heterocycles. The molecular weight excluding hydrogens is 319 g/mol. The van der Waals surface area contributed by atoms with Crippen molar-refractivity contribution in [2.45, 2.75) is 43.8 Å². The van der Waals surface area contributed by atoms with Crippen LogP contribution >= 0.6 is 0 Å². The minimum atomic E-state index is -4.93. The average Bonchev–Trinajstić information content (AvgIpc) is 2.49. The fourth-order valence-corrected chi connectivity index (χ4v) is 2.00. The second-order valence-corrected chi connectivity index (χ2v) is 5.05. The van der Waals surface area contributed by atoms with Crippen molar-refractivity contribution in [2.24, 2.45) is 4.99 Å².